The number of nitrogens with zero attached hydrogens (tertiary/aromatic N) is 4. The van der Waals surface area contributed by atoms with E-state index in [1.165, 1.54) is 16.6 Å². The molecular weight excluding hydrogens is 624 g/mol. The molecule has 238 valence electrons. The van der Waals surface area contributed by atoms with E-state index in [1.54, 1.807) is 47.6 Å². The number of aromatic nitrogens is 3. The van der Waals surface area contributed by atoms with Crippen molar-refractivity contribution in [1.82, 2.24) is 14.6 Å². The standard InChI is InChI=1S/C26H37FN5O8PS2/c1-24(2,3)22(34)42-11-9-37-41(36,38-10-12-43-23(35)25(4,5)6)39-14-26(13-28)20(33)18(27)19(40-26)16-7-8-17-21(29)30-15-31-32(16)17/h7-8,15,18-20,33H,9-12,14H2,1-6H3,(H2,29,30,31)/t18-,19?,20-,26+/m0/s1. The van der Waals surface area contributed by atoms with Crippen LogP contribution in [0.5, 0.6) is 0 Å². The summed E-state index contributed by atoms with van der Waals surface area (Å²) >= 11 is 1.95. The third kappa shape index (κ3) is 8.55. The highest BCUT2D eigenvalue weighted by atomic mass is 32.2. The molecule has 13 nitrogen and oxygen atoms in total. The summed E-state index contributed by atoms with van der Waals surface area (Å²) in [7, 11) is -4.46. The van der Waals surface area contributed by atoms with E-state index >= 15 is 4.39 Å². The van der Waals surface area contributed by atoms with Crippen molar-refractivity contribution >= 4 is 52.9 Å². The van der Waals surface area contributed by atoms with E-state index in [0.717, 1.165) is 29.9 Å². The second-order valence-corrected chi connectivity index (χ2v) is 15.6. The van der Waals surface area contributed by atoms with E-state index in [4.69, 9.17) is 24.0 Å². The van der Waals surface area contributed by atoms with Gasteiger partial charge in [0.1, 0.15) is 36.7 Å². The number of nitriles is 1. The molecule has 0 amide bonds. The summed E-state index contributed by atoms with van der Waals surface area (Å²) in [6.07, 6.45) is -4.41. The molecule has 0 saturated carbocycles. The van der Waals surface area contributed by atoms with Crippen LogP contribution in [0.3, 0.4) is 0 Å². The number of phosphoric acid groups is 1. The Kier molecular flexibility index (Phi) is 11.4. The third-order valence-corrected chi connectivity index (χ3v) is 10.1. The zero-order chi connectivity index (χ0) is 32.2. The Bertz CT molecular complexity index is 1370. The van der Waals surface area contributed by atoms with Crippen LogP contribution in [0.1, 0.15) is 53.3 Å². The first-order valence-electron chi connectivity index (χ1n) is 13.3. The molecule has 1 saturated heterocycles. The van der Waals surface area contributed by atoms with Gasteiger partial charge in [0.15, 0.2) is 22.2 Å². The maximum atomic E-state index is 15.4. The number of thioether (sulfide) groups is 2. The van der Waals surface area contributed by atoms with E-state index in [-0.39, 0.29) is 46.5 Å². The monoisotopic (exact) mass is 661 g/mol. The molecule has 1 aliphatic rings. The molecule has 3 heterocycles. The van der Waals surface area contributed by atoms with E-state index < -0.39 is 49.2 Å². The van der Waals surface area contributed by atoms with Crippen LogP contribution in [-0.4, -0.2) is 79.1 Å². The number of nitrogen functional groups attached to an aromatic ring is 1. The molecule has 1 aliphatic heterocycles. The van der Waals surface area contributed by atoms with E-state index in [9.17, 15) is 24.5 Å². The zero-order valence-corrected chi connectivity index (χ0v) is 27.3. The molecule has 4 atom stereocenters. The first kappa shape index (κ1) is 35.4. The average molecular weight is 662 g/mol. The Hall–Kier alpha value is -2.09. The van der Waals surface area contributed by atoms with Gasteiger partial charge in [-0.2, -0.15) is 10.4 Å². The molecule has 0 spiro atoms. The van der Waals surface area contributed by atoms with E-state index in [0.29, 0.717) is 5.52 Å². The quantitative estimate of drug-likeness (QED) is 0.244. The highest BCUT2D eigenvalue weighted by molar-refractivity contribution is 8.14. The summed E-state index contributed by atoms with van der Waals surface area (Å²) in [5, 5.41) is 24.6. The molecule has 0 radical (unpaired) electrons. The molecule has 1 unspecified atom stereocenters. The van der Waals surface area contributed by atoms with Crippen LogP contribution in [0.15, 0.2) is 18.5 Å². The first-order chi connectivity index (χ1) is 19.9. The Morgan fingerprint density at radius 1 is 1.14 bits per heavy atom. The van der Waals surface area contributed by atoms with Crippen LogP contribution in [0.25, 0.3) is 5.52 Å². The maximum absolute atomic E-state index is 15.4. The maximum Gasteiger partial charge on any atom is 0.474 e. The number of halogens is 1. The lowest BCUT2D eigenvalue weighted by Crippen LogP contribution is -2.44. The van der Waals surface area contributed by atoms with Crippen LogP contribution >= 0.6 is 31.3 Å². The van der Waals surface area contributed by atoms with Crippen molar-refractivity contribution in [2.24, 2.45) is 10.8 Å². The first-order valence-corrected chi connectivity index (χ1v) is 16.7. The Morgan fingerprint density at radius 3 is 2.21 bits per heavy atom. The summed E-state index contributed by atoms with van der Waals surface area (Å²) in [6, 6.07) is 4.76. The second-order valence-electron chi connectivity index (χ2n) is 11.8. The fourth-order valence-corrected chi connectivity index (χ4v) is 6.75. The summed E-state index contributed by atoms with van der Waals surface area (Å²) in [5.41, 5.74) is 2.87. The molecule has 3 N–H and O–H groups in total. The fraction of sp³-hybridized carbons (Fsp3) is 0.654. The molecule has 0 aromatic carbocycles. The molecule has 17 heteroatoms. The molecule has 0 aliphatic carbocycles. The van der Waals surface area contributed by atoms with Crippen LogP contribution in [0.4, 0.5) is 10.2 Å². The number of aliphatic hydroxyl groups is 1. The lowest BCUT2D eigenvalue weighted by Gasteiger charge is -2.26. The number of hydrogen-bond donors (Lipinski definition) is 2. The van der Waals surface area contributed by atoms with Gasteiger partial charge in [0, 0.05) is 22.3 Å². The number of rotatable bonds is 12. The minimum Gasteiger partial charge on any atom is -0.386 e. The van der Waals surface area contributed by atoms with Gasteiger partial charge in [-0.05, 0) is 12.1 Å². The van der Waals surface area contributed by atoms with Gasteiger partial charge in [0.05, 0.1) is 18.9 Å². The van der Waals surface area contributed by atoms with Gasteiger partial charge in [-0.25, -0.2) is 18.5 Å². The lowest BCUT2D eigenvalue weighted by atomic mass is 9.97. The van der Waals surface area contributed by atoms with Gasteiger partial charge in [0.2, 0.25) is 5.60 Å². The number of ether oxygens (including phenoxy) is 1. The predicted octanol–water partition coefficient (Wildman–Crippen LogP) is 4.11. The molecular formula is C26H37FN5O8PS2. The van der Waals surface area contributed by atoms with Gasteiger partial charge < -0.3 is 15.6 Å². The number of fused-ring (bicyclic) bond motifs is 1. The normalized spacial score (nSPS) is 23.0. The van der Waals surface area contributed by atoms with Crippen LogP contribution in [0, 0.1) is 22.2 Å². The van der Waals surface area contributed by atoms with Crippen molar-refractivity contribution in [2.75, 3.05) is 37.1 Å². The van der Waals surface area contributed by atoms with Crippen molar-refractivity contribution in [2.45, 2.75) is 65.5 Å². The number of anilines is 1. The molecule has 1 fully saturated rings. The van der Waals surface area contributed by atoms with E-state index in [1.807, 2.05) is 0 Å². The van der Waals surface area contributed by atoms with Crippen LogP contribution < -0.4 is 5.73 Å². The Labute approximate surface area is 258 Å². The minimum atomic E-state index is -4.46. The molecule has 2 aromatic heterocycles. The number of alkyl halides is 1. The summed E-state index contributed by atoms with van der Waals surface area (Å²) in [5.74, 6) is 0.367. The van der Waals surface area contributed by atoms with Crippen molar-refractivity contribution in [3.8, 4) is 6.07 Å². The predicted molar refractivity (Wildman–Crippen MR) is 160 cm³/mol. The van der Waals surface area contributed by atoms with Gasteiger partial charge in [-0.15, -0.1) is 0 Å². The van der Waals surface area contributed by atoms with Crippen molar-refractivity contribution < 1.29 is 42.0 Å². The van der Waals surface area contributed by atoms with Crippen molar-refractivity contribution in [1.29, 1.82) is 5.26 Å². The molecule has 2 aromatic rings. The minimum absolute atomic E-state index is 0.110. The van der Waals surface area contributed by atoms with Crippen molar-refractivity contribution in [3.63, 3.8) is 0 Å². The van der Waals surface area contributed by atoms with E-state index in [2.05, 4.69) is 10.1 Å². The summed E-state index contributed by atoms with van der Waals surface area (Å²) in [4.78, 5) is 28.3. The highest BCUT2D eigenvalue weighted by Crippen LogP contribution is 2.52. The Balaban J connectivity index is 1.74. The van der Waals surface area contributed by atoms with Gasteiger partial charge in [-0.1, -0.05) is 65.1 Å². The lowest BCUT2D eigenvalue weighted by molar-refractivity contribution is -0.118. The molecule has 0 bridgehead atoms. The summed E-state index contributed by atoms with van der Waals surface area (Å²) in [6.45, 7) is 9.21. The average Bonchev–Trinajstić information content (AvgIpc) is 3.47. The Morgan fingerprint density at radius 2 is 1.70 bits per heavy atom. The molecule has 3 rings (SSSR count). The topological polar surface area (TPSA) is 188 Å². The fourth-order valence-electron chi connectivity index (χ4n) is 3.73. The van der Waals surface area contributed by atoms with Gasteiger partial charge in [-0.3, -0.25) is 23.2 Å². The van der Waals surface area contributed by atoms with Crippen LogP contribution in [0.2, 0.25) is 0 Å². The number of carbonyl (C=O) groups is 2. The van der Waals surface area contributed by atoms with Crippen molar-refractivity contribution in [3.05, 3.63) is 24.2 Å². The van der Waals surface area contributed by atoms with Gasteiger partial charge in [0.25, 0.3) is 0 Å². The highest BCUT2D eigenvalue weighted by Gasteiger charge is 2.58. The van der Waals surface area contributed by atoms with Gasteiger partial charge >= 0.3 is 7.82 Å². The number of aliphatic hydroxyl groups excluding tert-OH is 1. The summed E-state index contributed by atoms with van der Waals surface area (Å²) < 4.78 is 52.3. The number of carbonyl (C=O) groups excluding carboxylic acids is 2. The third-order valence-electron chi connectivity index (χ3n) is 6.19. The molecule has 43 heavy (non-hydrogen) atoms. The van der Waals surface area contributed by atoms with Crippen LogP contribution in [-0.2, 0) is 32.5 Å². The number of phosphoric ester groups is 1. The zero-order valence-electron chi connectivity index (χ0n) is 24.8. The number of hydrogen-bond acceptors (Lipinski definition) is 14. The number of nitrogens with two attached hydrogens (primary N) is 1. The second kappa shape index (κ2) is 13.9. The smallest absolute Gasteiger partial charge is 0.386 e. The SMILES string of the molecule is CC(C)(C)C(=O)SCCOP(=O)(OCCSC(=O)C(C)(C)C)OC[C@@]1(C#N)OC(c2ccc3c(N)ncnn23)[C@H](F)[C@@H]1O. The largest absolute Gasteiger partial charge is 0.474 e.